The molecule has 4 nitrogen and oxygen atoms in total. The van der Waals surface area contributed by atoms with Crippen LogP contribution in [0.25, 0.3) is 0 Å². The van der Waals surface area contributed by atoms with Gasteiger partial charge in [-0.3, -0.25) is 0 Å². The fraction of sp³-hybridized carbons (Fsp3) is 0.500. The molecule has 1 aromatic heterocycles. The van der Waals surface area contributed by atoms with Gasteiger partial charge in [0.15, 0.2) is 0 Å². The van der Waals surface area contributed by atoms with E-state index in [1.807, 2.05) is 13.8 Å². The van der Waals surface area contributed by atoms with Crippen LogP contribution in [-0.2, 0) is 4.74 Å². The Bertz CT molecular complexity index is 313. The number of nitrogens with two attached hydrogens (primary N) is 1. The summed E-state index contributed by atoms with van der Waals surface area (Å²) in [6, 6.07) is 0. The maximum atomic E-state index is 5.53. The van der Waals surface area contributed by atoms with Crippen LogP contribution in [0.5, 0.6) is 0 Å². The minimum atomic E-state index is 0.0419. The van der Waals surface area contributed by atoms with Gasteiger partial charge in [-0.25, -0.2) is 9.97 Å². The highest BCUT2D eigenvalue weighted by Crippen LogP contribution is 2.36. The van der Waals surface area contributed by atoms with Crippen LogP contribution in [0.3, 0.4) is 0 Å². The number of nitrogens with zero attached hydrogens (tertiary/aromatic N) is 2. The first-order chi connectivity index (χ1) is 5.68. The summed E-state index contributed by atoms with van der Waals surface area (Å²) in [5.74, 6) is 0.318. The average Bonchev–Trinajstić information content (AvgIpc) is 2.28. The van der Waals surface area contributed by atoms with Crippen LogP contribution >= 0.6 is 0 Å². The fourth-order valence-electron chi connectivity index (χ4n) is 1.50. The van der Waals surface area contributed by atoms with E-state index in [2.05, 4.69) is 9.97 Å². The number of rotatable bonds is 0. The molecule has 0 aromatic carbocycles. The molecular weight excluding hydrogens is 154 g/mol. The lowest BCUT2D eigenvalue weighted by Crippen LogP contribution is -2.00. The Morgan fingerprint density at radius 1 is 1.42 bits per heavy atom. The van der Waals surface area contributed by atoms with Gasteiger partial charge in [0.25, 0.3) is 0 Å². The SMILES string of the molecule is C[C@H]1O[C@H](C)c2nc(N)ncc21. The lowest BCUT2D eigenvalue weighted by Gasteiger charge is -2.02. The molecular formula is C8H11N3O. The molecule has 0 spiro atoms. The van der Waals surface area contributed by atoms with Crippen molar-refractivity contribution in [2.45, 2.75) is 26.1 Å². The van der Waals surface area contributed by atoms with Crippen LogP contribution in [0.2, 0.25) is 0 Å². The zero-order chi connectivity index (χ0) is 8.72. The van der Waals surface area contributed by atoms with Crippen LogP contribution in [0, 0.1) is 0 Å². The van der Waals surface area contributed by atoms with Gasteiger partial charge in [0.05, 0.1) is 17.9 Å². The predicted octanol–water partition coefficient (Wildman–Crippen LogP) is 1.21. The van der Waals surface area contributed by atoms with Gasteiger partial charge in [0, 0.05) is 11.8 Å². The summed E-state index contributed by atoms with van der Waals surface area (Å²) in [7, 11) is 0. The molecule has 0 fully saturated rings. The standard InChI is InChI=1S/C8H11N3O/c1-4-6-3-10-8(9)11-7(6)5(2)12-4/h3-5H,1-2H3,(H2,9,10,11)/t4-,5-/m1/s1. The maximum Gasteiger partial charge on any atom is 0.220 e. The first-order valence-electron chi connectivity index (χ1n) is 3.96. The molecule has 2 N–H and O–H groups in total. The number of anilines is 1. The molecule has 12 heavy (non-hydrogen) atoms. The van der Waals surface area contributed by atoms with Gasteiger partial charge in [-0.1, -0.05) is 0 Å². The summed E-state index contributed by atoms with van der Waals surface area (Å²) in [4.78, 5) is 8.05. The van der Waals surface area contributed by atoms with Crippen LogP contribution in [0.15, 0.2) is 6.20 Å². The van der Waals surface area contributed by atoms with E-state index < -0.39 is 0 Å². The van der Waals surface area contributed by atoms with Gasteiger partial charge >= 0.3 is 0 Å². The van der Waals surface area contributed by atoms with E-state index in [1.54, 1.807) is 6.20 Å². The molecule has 0 unspecified atom stereocenters. The third-order valence-corrected chi connectivity index (χ3v) is 2.10. The van der Waals surface area contributed by atoms with Crippen molar-refractivity contribution in [1.29, 1.82) is 0 Å². The quantitative estimate of drug-likeness (QED) is 0.627. The molecule has 0 bridgehead atoms. The highest BCUT2D eigenvalue weighted by molar-refractivity contribution is 5.30. The number of ether oxygens (including phenoxy) is 1. The topological polar surface area (TPSA) is 61.0 Å². The van der Waals surface area contributed by atoms with E-state index in [9.17, 15) is 0 Å². The number of hydrogen-bond acceptors (Lipinski definition) is 4. The molecule has 0 amide bonds. The lowest BCUT2D eigenvalue weighted by atomic mass is 10.1. The van der Waals surface area contributed by atoms with Crippen LogP contribution in [0.1, 0.15) is 37.3 Å². The molecule has 0 saturated heterocycles. The predicted molar refractivity (Wildman–Crippen MR) is 44.4 cm³/mol. The summed E-state index contributed by atoms with van der Waals surface area (Å²) >= 11 is 0. The van der Waals surface area contributed by atoms with Crippen molar-refractivity contribution in [2.75, 3.05) is 5.73 Å². The lowest BCUT2D eigenvalue weighted by molar-refractivity contribution is 0.0319. The molecule has 0 aliphatic carbocycles. The molecule has 2 rings (SSSR count). The van der Waals surface area contributed by atoms with E-state index in [0.29, 0.717) is 5.95 Å². The summed E-state index contributed by atoms with van der Waals surface area (Å²) in [5.41, 5.74) is 7.44. The van der Waals surface area contributed by atoms with Gasteiger partial charge in [0.2, 0.25) is 5.95 Å². The second-order valence-electron chi connectivity index (χ2n) is 2.99. The van der Waals surface area contributed by atoms with Crippen molar-refractivity contribution in [1.82, 2.24) is 9.97 Å². The highest BCUT2D eigenvalue weighted by atomic mass is 16.5. The third kappa shape index (κ3) is 0.956. The fourth-order valence-corrected chi connectivity index (χ4v) is 1.50. The van der Waals surface area contributed by atoms with Crippen molar-refractivity contribution in [2.24, 2.45) is 0 Å². The molecule has 4 heteroatoms. The summed E-state index contributed by atoms with van der Waals surface area (Å²) in [6.45, 7) is 3.96. The van der Waals surface area contributed by atoms with Crippen molar-refractivity contribution < 1.29 is 4.74 Å². The van der Waals surface area contributed by atoms with Crippen LogP contribution < -0.4 is 5.73 Å². The second-order valence-corrected chi connectivity index (χ2v) is 2.99. The Labute approximate surface area is 70.8 Å². The van der Waals surface area contributed by atoms with Crippen LogP contribution in [-0.4, -0.2) is 9.97 Å². The normalized spacial score (nSPS) is 27.2. The van der Waals surface area contributed by atoms with Crippen molar-refractivity contribution in [3.63, 3.8) is 0 Å². The summed E-state index contributed by atoms with van der Waals surface area (Å²) in [6.07, 6.45) is 1.88. The first kappa shape index (κ1) is 7.49. The molecule has 2 heterocycles. The number of fused-ring (bicyclic) bond motifs is 1. The third-order valence-electron chi connectivity index (χ3n) is 2.10. The summed E-state index contributed by atoms with van der Waals surface area (Å²) < 4.78 is 5.53. The smallest absolute Gasteiger partial charge is 0.220 e. The number of hydrogen-bond donors (Lipinski definition) is 1. The van der Waals surface area contributed by atoms with E-state index >= 15 is 0 Å². The van der Waals surface area contributed by atoms with Crippen LogP contribution in [0.4, 0.5) is 5.95 Å². The maximum absolute atomic E-state index is 5.53. The minimum Gasteiger partial charge on any atom is -0.368 e. The number of nitrogen functional groups attached to an aromatic ring is 1. The van der Waals surface area contributed by atoms with Gasteiger partial charge in [-0.2, -0.15) is 0 Å². The molecule has 0 saturated carbocycles. The summed E-state index contributed by atoms with van der Waals surface area (Å²) in [5, 5.41) is 0. The Morgan fingerprint density at radius 2 is 2.17 bits per heavy atom. The van der Waals surface area contributed by atoms with E-state index in [4.69, 9.17) is 10.5 Å². The van der Waals surface area contributed by atoms with Crippen molar-refractivity contribution in [3.8, 4) is 0 Å². The Hall–Kier alpha value is -1.16. The Morgan fingerprint density at radius 3 is 2.92 bits per heavy atom. The minimum absolute atomic E-state index is 0.0419. The first-order valence-corrected chi connectivity index (χ1v) is 3.96. The largest absolute Gasteiger partial charge is 0.368 e. The van der Waals surface area contributed by atoms with Gasteiger partial charge in [-0.05, 0) is 13.8 Å². The zero-order valence-electron chi connectivity index (χ0n) is 7.11. The van der Waals surface area contributed by atoms with Gasteiger partial charge in [-0.15, -0.1) is 0 Å². The average molecular weight is 165 g/mol. The molecule has 0 radical (unpaired) electrons. The molecule has 2 atom stereocenters. The second kappa shape index (κ2) is 2.42. The monoisotopic (exact) mass is 165 g/mol. The molecule has 64 valence electrons. The molecule has 1 aliphatic heterocycles. The van der Waals surface area contributed by atoms with Crippen molar-refractivity contribution in [3.05, 3.63) is 17.5 Å². The van der Waals surface area contributed by atoms with E-state index in [-0.39, 0.29) is 12.2 Å². The number of aromatic nitrogens is 2. The molecule has 1 aromatic rings. The van der Waals surface area contributed by atoms with Gasteiger partial charge in [0.1, 0.15) is 0 Å². The van der Waals surface area contributed by atoms with E-state index in [0.717, 1.165) is 11.3 Å². The Kier molecular flexibility index (Phi) is 1.51. The molecule has 1 aliphatic rings. The highest BCUT2D eigenvalue weighted by Gasteiger charge is 2.27. The zero-order valence-corrected chi connectivity index (χ0v) is 7.11. The van der Waals surface area contributed by atoms with Gasteiger partial charge < -0.3 is 10.5 Å². The van der Waals surface area contributed by atoms with E-state index in [1.165, 1.54) is 0 Å². The van der Waals surface area contributed by atoms with Crippen molar-refractivity contribution >= 4 is 5.95 Å². The Balaban J connectivity index is 2.53.